The Labute approximate surface area is 120 Å². The van der Waals surface area contributed by atoms with Gasteiger partial charge in [-0.15, -0.1) is 0 Å². The zero-order chi connectivity index (χ0) is 14.8. The maximum atomic E-state index is 12.1. The number of benzene rings is 2. The molecular weight excluding hydrogens is 268 g/mol. The van der Waals surface area contributed by atoms with Crippen molar-refractivity contribution in [2.75, 3.05) is 0 Å². The predicted octanol–water partition coefficient (Wildman–Crippen LogP) is 2.36. The fraction of sp³-hybridized carbons (Fsp3) is 0.125. The van der Waals surface area contributed by atoms with Crippen LogP contribution in [0.1, 0.15) is 21.5 Å². The van der Waals surface area contributed by atoms with Gasteiger partial charge in [-0.3, -0.25) is 9.78 Å². The van der Waals surface area contributed by atoms with E-state index in [-0.39, 0.29) is 5.91 Å². The van der Waals surface area contributed by atoms with E-state index >= 15 is 0 Å². The number of nitrogens with one attached hydrogen (secondary N) is 2. The van der Waals surface area contributed by atoms with Gasteiger partial charge in [0.05, 0.1) is 5.52 Å². The molecule has 0 aliphatic heterocycles. The highest BCUT2D eigenvalue weighted by atomic mass is 16.4. The van der Waals surface area contributed by atoms with Crippen molar-refractivity contribution in [1.29, 1.82) is 0 Å². The number of carbonyl (C=O) groups excluding carboxylic acids is 1. The van der Waals surface area contributed by atoms with Crippen LogP contribution in [0.3, 0.4) is 0 Å². The summed E-state index contributed by atoms with van der Waals surface area (Å²) in [6, 6.07) is 12.8. The number of carbonyl (C=O) groups is 1. The Hall–Kier alpha value is -2.82. The number of H-pyrrole nitrogens is 1. The number of aryl methyl sites for hydroxylation is 1. The summed E-state index contributed by atoms with van der Waals surface area (Å²) < 4.78 is 4.95. The minimum Gasteiger partial charge on any atom is -0.408 e. The lowest BCUT2D eigenvalue weighted by Gasteiger charge is -2.06. The van der Waals surface area contributed by atoms with Gasteiger partial charge in [-0.25, -0.2) is 4.79 Å². The molecule has 0 fully saturated rings. The average Bonchev–Trinajstić information content (AvgIpc) is 2.84. The van der Waals surface area contributed by atoms with Crippen LogP contribution in [0.2, 0.25) is 0 Å². The molecule has 21 heavy (non-hydrogen) atoms. The van der Waals surface area contributed by atoms with Crippen LogP contribution in [0.15, 0.2) is 51.7 Å². The minimum absolute atomic E-state index is 0.206. The summed E-state index contributed by atoms with van der Waals surface area (Å²) in [6.07, 6.45) is 0. The van der Waals surface area contributed by atoms with Gasteiger partial charge in [-0.1, -0.05) is 29.8 Å². The molecule has 106 valence electrons. The van der Waals surface area contributed by atoms with Crippen LogP contribution in [0.4, 0.5) is 0 Å². The number of rotatable bonds is 3. The van der Waals surface area contributed by atoms with Crippen molar-refractivity contribution in [2.24, 2.45) is 0 Å². The number of aromatic nitrogens is 1. The van der Waals surface area contributed by atoms with Gasteiger partial charge in [-0.05, 0) is 30.7 Å². The summed E-state index contributed by atoms with van der Waals surface area (Å²) in [7, 11) is 0. The first-order valence-corrected chi connectivity index (χ1v) is 6.58. The summed E-state index contributed by atoms with van der Waals surface area (Å²) >= 11 is 0. The molecule has 1 amide bonds. The highest BCUT2D eigenvalue weighted by Crippen LogP contribution is 2.12. The van der Waals surface area contributed by atoms with Crippen molar-refractivity contribution in [3.05, 3.63) is 69.7 Å². The molecule has 2 N–H and O–H groups in total. The van der Waals surface area contributed by atoms with Crippen molar-refractivity contribution in [1.82, 2.24) is 10.3 Å². The molecule has 0 spiro atoms. The largest absolute Gasteiger partial charge is 0.417 e. The number of hydrogen-bond acceptors (Lipinski definition) is 3. The van der Waals surface area contributed by atoms with E-state index in [4.69, 9.17) is 4.42 Å². The summed E-state index contributed by atoms with van der Waals surface area (Å²) in [4.78, 5) is 25.7. The predicted molar refractivity (Wildman–Crippen MR) is 79.2 cm³/mol. The van der Waals surface area contributed by atoms with Crippen LogP contribution in [0, 0.1) is 6.92 Å². The van der Waals surface area contributed by atoms with Crippen LogP contribution < -0.4 is 11.1 Å². The van der Waals surface area contributed by atoms with Crippen molar-refractivity contribution in [2.45, 2.75) is 13.5 Å². The summed E-state index contributed by atoms with van der Waals surface area (Å²) in [6.45, 7) is 2.46. The average molecular weight is 282 g/mol. The van der Waals surface area contributed by atoms with Gasteiger partial charge in [0.1, 0.15) is 0 Å². The molecule has 0 radical (unpaired) electrons. The van der Waals surface area contributed by atoms with Crippen LogP contribution in [-0.4, -0.2) is 10.9 Å². The number of aromatic amines is 1. The molecule has 1 aromatic heterocycles. The van der Waals surface area contributed by atoms with E-state index in [1.807, 2.05) is 31.2 Å². The molecule has 0 bridgehead atoms. The Balaban J connectivity index is 1.75. The molecule has 3 rings (SSSR count). The quantitative estimate of drug-likeness (QED) is 0.774. The van der Waals surface area contributed by atoms with E-state index in [1.165, 1.54) is 0 Å². The van der Waals surface area contributed by atoms with E-state index in [1.54, 1.807) is 18.2 Å². The third kappa shape index (κ3) is 2.86. The van der Waals surface area contributed by atoms with Crippen LogP contribution in [-0.2, 0) is 6.54 Å². The molecule has 3 aromatic rings. The van der Waals surface area contributed by atoms with E-state index < -0.39 is 5.76 Å². The fourth-order valence-corrected chi connectivity index (χ4v) is 2.19. The topological polar surface area (TPSA) is 75.1 Å². The van der Waals surface area contributed by atoms with Crippen molar-refractivity contribution in [3.63, 3.8) is 0 Å². The van der Waals surface area contributed by atoms with Gasteiger partial charge in [0, 0.05) is 12.1 Å². The molecule has 5 heteroatoms. The molecular formula is C16H14N2O3. The maximum Gasteiger partial charge on any atom is 0.417 e. The second-order valence-corrected chi connectivity index (χ2v) is 4.90. The van der Waals surface area contributed by atoms with Gasteiger partial charge in [-0.2, -0.15) is 0 Å². The first kappa shape index (κ1) is 13.2. The van der Waals surface area contributed by atoms with E-state index in [9.17, 15) is 9.59 Å². The van der Waals surface area contributed by atoms with Gasteiger partial charge in [0.25, 0.3) is 5.91 Å². The number of oxazole rings is 1. The lowest BCUT2D eigenvalue weighted by atomic mass is 10.1. The van der Waals surface area contributed by atoms with E-state index in [0.29, 0.717) is 23.2 Å². The smallest absolute Gasteiger partial charge is 0.408 e. The van der Waals surface area contributed by atoms with Crippen molar-refractivity contribution in [3.8, 4) is 0 Å². The zero-order valence-corrected chi connectivity index (χ0v) is 11.5. The SMILES string of the molecule is Cc1cccc(CNC(=O)c2ccc3[nH]c(=O)oc3c2)c1. The molecule has 2 aromatic carbocycles. The molecule has 1 heterocycles. The fourth-order valence-electron chi connectivity index (χ4n) is 2.19. The van der Waals surface area contributed by atoms with E-state index in [0.717, 1.165) is 11.1 Å². The molecule has 0 unspecified atom stereocenters. The van der Waals surface area contributed by atoms with Crippen molar-refractivity contribution >= 4 is 17.0 Å². The Bertz CT molecular complexity index is 861. The number of amides is 1. The van der Waals surface area contributed by atoms with Gasteiger partial charge in [0.2, 0.25) is 0 Å². The lowest BCUT2D eigenvalue weighted by molar-refractivity contribution is 0.0951. The summed E-state index contributed by atoms with van der Waals surface area (Å²) in [5, 5.41) is 2.85. The highest BCUT2D eigenvalue weighted by Gasteiger charge is 2.08. The van der Waals surface area contributed by atoms with E-state index in [2.05, 4.69) is 10.3 Å². The van der Waals surface area contributed by atoms with Gasteiger partial charge in [0.15, 0.2) is 5.58 Å². The van der Waals surface area contributed by atoms with Crippen LogP contribution in [0.5, 0.6) is 0 Å². The second kappa shape index (κ2) is 5.28. The first-order valence-electron chi connectivity index (χ1n) is 6.58. The van der Waals surface area contributed by atoms with Crippen LogP contribution >= 0.6 is 0 Å². The van der Waals surface area contributed by atoms with Crippen LogP contribution in [0.25, 0.3) is 11.1 Å². The maximum absolute atomic E-state index is 12.1. The Morgan fingerprint density at radius 2 is 2.10 bits per heavy atom. The monoisotopic (exact) mass is 282 g/mol. The lowest BCUT2D eigenvalue weighted by Crippen LogP contribution is -2.22. The van der Waals surface area contributed by atoms with Crippen molar-refractivity contribution < 1.29 is 9.21 Å². The Morgan fingerprint density at radius 3 is 2.90 bits per heavy atom. The Morgan fingerprint density at radius 1 is 1.24 bits per heavy atom. The second-order valence-electron chi connectivity index (χ2n) is 4.90. The van der Waals surface area contributed by atoms with Gasteiger partial charge < -0.3 is 9.73 Å². The highest BCUT2D eigenvalue weighted by molar-refractivity contribution is 5.96. The number of fused-ring (bicyclic) bond motifs is 1. The first-order chi connectivity index (χ1) is 10.1. The third-order valence-corrected chi connectivity index (χ3v) is 3.22. The minimum atomic E-state index is -0.526. The standard InChI is InChI=1S/C16H14N2O3/c1-10-3-2-4-11(7-10)9-17-15(19)12-5-6-13-14(8-12)21-16(20)18-13/h2-8H,9H2,1H3,(H,17,19)(H,18,20). The molecule has 0 aliphatic carbocycles. The zero-order valence-electron chi connectivity index (χ0n) is 11.5. The Kier molecular flexibility index (Phi) is 3.31. The summed E-state index contributed by atoms with van der Waals surface area (Å²) in [5.41, 5.74) is 3.60. The summed E-state index contributed by atoms with van der Waals surface area (Å²) in [5.74, 6) is -0.732. The molecule has 0 saturated carbocycles. The molecule has 0 atom stereocenters. The van der Waals surface area contributed by atoms with Gasteiger partial charge >= 0.3 is 5.76 Å². The molecule has 0 aliphatic rings. The number of hydrogen-bond donors (Lipinski definition) is 2. The molecule has 5 nitrogen and oxygen atoms in total. The molecule has 0 saturated heterocycles. The third-order valence-electron chi connectivity index (χ3n) is 3.22. The normalized spacial score (nSPS) is 10.7.